The van der Waals surface area contributed by atoms with Crippen LogP contribution in [0.5, 0.6) is 0 Å². The number of nitrogen functional groups attached to an aromatic ring is 1. The number of halogens is 1. The van der Waals surface area contributed by atoms with E-state index in [1.54, 1.807) is 30.3 Å². The van der Waals surface area contributed by atoms with Gasteiger partial charge in [0.15, 0.2) is 0 Å². The summed E-state index contributed by atoms with van der Waals surface area (Å²) in [6.07, 6.45) is 0. The van der Waals surface area contributed by atoms with Gasteiger partial charge in [-0.1, -0.05) is 28.1 Å². The third-order valence-electron chi connectivity index (χ3n) is 2.75. The molecule has 0 aliphatic rings. The number of nitrogens with one attached hydrogen (secondary N) is 2. The number of hydrogen-bond acceptors (Lipinski definition) is 3. The molecule has 0 aromatic heterocycles. The van der Waals surface area contributed by atoms with Crippen molar-refractivity contribution in [1.82, 2.24) is 0 Å². The van der Waals surface area contributed by atoms with Gasteiger partial charge in [0.2, 0.25) is 0 Å². The second-order valence-corrected chi connectivity index (χ2v) is 5.42. The van der Waals surface area contributed by atoms with Crippen molar-refractivity contribution in [3.05, 3.63) is 52.5 Å². The standard InChI is InChI=1S/C15H14BrN3O2/c1-9-5-6-12(17)13(7-9)19-15(21)14(20)18-11-4-2-3-10(16)8-11/h2-8H,17H2,1H3,(H,18,20)(H,19,21). The van der Waals surface area contributed by atoms with E-state index in [1.165, 1.54) is 0 Å². The van der Waals surface area contributed by atoms with Crippen LogP contribution in [0.3, 0.4) is 0 Å². The highest BCUT2D eigenvalue weighted by molar-refractivity contribution is 9.10. The van der Waals surface area contributed by atoms with Gasteiger partial charge in [-0.05, 0) is 42.8 Å². The molecule has 6 heteroatoms. The van der Waals surface area contributed by atoms with Crippen LogP contribution in [0.15, 0.2) is 46.9 Å². The summed E-state index contributed by atoms with van der Waals surface area (Å²) >= 11 is 3.29. The van der Waals surface area contributed by atoms with E-state index in [-0.39, 0.29) is 0 Å². The number of nitrogens with two attached hydrogens (primary N) is 1. The highest BCUT2D eigenvalue weighted by Gasteiger charge is 2.15. The quantitative estimate of drug-likeness (QED) is 0.576. The molecular formula is C15H14BrN3O2. The second-order valence-electron chi connectivity index (χ2n) is 4.51. The van der Waals surface area contributed by atoms with Gasteiger partial charge >= 0.3 is 11.8 Å². The molecule has 2 amide bonds. The molecule has 2 aromatic carbocycles. The maximum Gasteiger partial charge on any atom is 0.314 e. The predicted octanol–water partition coefficient (Wildman–Crippen LogP) is 2.92. The smallest absolute Gasteiger partial charge is 0.314 e. The maximum absolute atomic E-state index is 11.9. The molecule has 0 saturated heterocycles. The minimum atomic E-state index is -0.771. The van der Waals surface area contributed by atoms with Crippen LogP contribution in [0.4, 0.5) is 17.1 Å². The number of anilines is 3. The van der Waals surface area contributed by atoms with E-state index in [4.69, 9.17) is 5.73 Å². The lowest BCUT2D eigenvalue weighted by Gasteiger charge is -2.09. The van der Waals surface area contributed by atoms with Crippen LogP contribution in [-0.4, -0.2) is 11.8 Å². The molecule has 0 unspecified atom stereocenters. The molecule has 2 aromatic rings. The Morgan fingerprint density at radius 1 is 1.05 bits per heavy atom. The molecule has 2 rings (SSSR count). The van der Waals surface area contributed by atoms with Crippen LogP contribution < -0.4 is 16.4 Å². The Labute approximate surface area is 130 Å². The summed E-state index contributed by atoms with van der Waals surface area (Å²) in [4.78, 5) is 23.7. The molecule has 108 valence electrons. The first-order valence-electron chi connectivity index (χ1n) is 6.20. The highest BCUT2D eigenvalue weighted by Crippen LogP contribution is 2.20. The number of carbonyl (C=O) groups is 2. The Bertz CT molecular complexity index is 701. The van der Waals surface area contributed by atoms with E-state index in [9.17, 15) is 9.59 Å². The molecule has 0 aliphatic heterocycles. The van der Waals surface area contributed by atoms with E-state index in [0.717, 1.165) is 10.0 Å². The van der Waals surface area contributed by atoms with Crippen molar-refractivity contribution >= 4 is 44.8 Å². The van der Waals surface area contributed by atoms with E-state index >= 15 is 0 Å². The first kappa shape index (κ1) is 15.1. The molecule has 21 heavy (non-hydrogen) atoms. The maximum atomic E-state index is 11.9. The largest absolute Gasteiger partial charge is 0.397 e. The van der Waals surface area contributed by atoms with Gasteiger partial charge in [-0.3, -0.25) is 9.59 Å². The van der Waals surface area contributed by atoms with E-state index in [0.29, 0.717) is 17.1 Å². The average molecular weight is 348 g/mol. The molecule has 0 aliphatic carbocycles. The SMILES string of the molecule is Cc1ccc(N)c(NC(=O)C(=O)Nc2cccc(Br)c2)c1. The zero-order valence-electron chi connectivity index (χ0n) is 11.3. The number of benzene rings is 2. The molecule has 0 radical (unpaired) electrons. The van der Waals surface area contributed by atoms with Gasteiger partial charge in [0.1, 0.15) is 0 Å². The van der Waals surface area contributed by atoms with Crippen molar-refractivity contribution in [2.75, 3.05) is 16.4 Å². The molecule has 4 N–H and O–H groups in total. The summed E-state index contributed by atoms with van der Waals surface area (Å²) in [7, 11) is 0. The molecule has 5 nitrogen and oxygen atoms in total. The van der Waals surface area contributed by atoms with Gasteiger partial charge in [-0.15, -0.1) is 0 Å². The van der Waals surface area contributed by atoms with Crippen molar-refractivity contribution in [3.63, 3.8) is 0 Å². The van der Waals surface area contributed by atoms with Gasteiger partial charge in [-0.2, -0.15) is 0 Å². The van der Waals surface area contributed by atoms with Crippen LogP contribution >= 0.6 is 15.9 Å². The summed E-state index contributed by atoms with van der Waals surface area (Å²) in [5.74, 6) is -1.53. The summed E-state index contributed by atoms with van der Waals surface area (Å²) < 4.78 is 0.809. The van der Waals surface area contributed by atoms with Crippen molar-refractivity contribution in [3.8, 4) is 0 Å². The van der Waals surface area contributed by atoms with Gasteiger partial charge in [0, 0.05) is 10.2 Å². The topological polar surface area (TPSA) is 84.2 Å². The predicted molar refractivity (Wildman–Crippen MR) is 87.0 cm³/mol. The van der Waals surface area contributed by atoms with Crippen LogP contribution in [0.25, 0.3) is 0 Å². The Balaban J connectivity index is 2.06. The molecule has 0 saturated carbocycles. The molecule has 0 heterocycles. The third kappa shape index (κ3) is 4.06. The normalized spacial score (nSPS) is 10.0. The Kier molecular flexibility index (Phi) is 4.59. The lowest BCUT2D eigenvalue weighted by molar-refractivity contribution is -0.132. The minimum Gasteiger partial charge on any atom is -0.397 e. The molecule has 0 bridgehead atoms. The lowest BCUT2D eigenvalue weighted by Crippen LogP contribution is -2.29. The average Bonchev–Trinajstić information content (AvgIpc) is 2.43. The number of hydrogen-bond donors (Lipinski definition) is 3. The Morgan fingerprint density at radius 3 is 2.48 bits per heavy atom. The summed E-state index contributed by atoms with van der Waals surface area (Å²) in [5.41, 5.74) is 8.05. The summed E-state index contributed by atoms with van der Waals surface area (Å²) in [6, 6.07) is 12.2. The van der Waals surface area contributed by atoms with E-state index in [2.05, 4.69) is 26.6 Å². The van der Waals surface area contributed by atoms with Crippen molar-refractivity contribution < 1.29 is 9.59 Å². The lowest BCUT2D eigenvalue weighted by atomic mass is 10.2. The van der Waals surface area contributed by atoms with Crippen molar-refractivity contribution in [2.45, 2.75) is 6.92 Å². The monoisotopic (exact) mass is 347 g/mol. The summed E-state index contributed by atoms with van der Waals surface area (Å²) in [5, 5.41) is 5.01. The van der Waals surface area contributed by atoms with Crippen LogP contribution in [0, 0.1) is 6.92 Å². The van der Waals surface area contributed by atoms with Crippen molar-refractivity contribution in [1.29, 1.82) is 0 Å². The van der Waals surface area contributed by atoms with E-state index in [1.807, 2.05) is 19.1 Å². The second kappa shape index (κ2) is 6.41. The van der Waals surface area contributed by atoms with Gasteiger partial charge in [-0.25, -0.2) is 0 Å². The first-order chi connectivity index (χ1) is 9.95. The number of rotatable bonds is 2. The van der Waals surface area contributed by atoms with Crippen LogP contribution in [0.2, 0.25) is 0 Å². The zero-order chi connectivity index (χ0) is 15.4. The molecule has 0 spiro atoms. The van der Waals surface area contributed by atoms with Crippen LogP contribution in [0.1, 0.15) is 5.56 Å². The molecule has 0 fully saturated rings. The summed E-state index contributed by atoms with van der Waals surface area (Å²) in [6.45, 7) is 1.87. The van der Waals surface area contributed by atoms with Gasteiger partial charge in [0.05, 0.1) is 11.4 Å². The fourth-order valence-corrected chi connectivity index (χ4v) is 2.11. The minimum absolute atomic E-state index is 0.407. The van der Waals surface area contributed by atoms with Gasteiger partial charge < -0.3 is 16.4 Å². The van der Waals surface area contributed by atoms with E-state index < -0.39 is 11.8 Å². The number of amides is 2. The van der Waals surface area contributed by atoms with Crippen LogP contribution in [-0.2, 0) is 9.59 Å². The fraction of sp³-hybridized carbons (Fsp3) is 0.0667. The Morgan fingerprint density at radius 2 is 1.76 bits per heavy atom. The first-order valence-corrected chi connectivity index (χ1v) is 6.99. The highest BCUT2D eigenvalue weighted by atomic mass is 79.9. The number of aryl methyl sites for hydroxylation is 1. The Hall–Kier alpha value is -2.34. The fourth-order valence-electron chi connectivity index (χ4n) is 1.71. The third-order valence-corrected chi connectivity index (χ3v) is 3.24. The molecule has 0 atom stereocenters. The number of carbonyl (C=O) groups excluding carboxylic acids is 2. The van der Waals surface area contributed by atoms with Crippen molar-refractivity contribution in [2.24, 2.45) is 0 Å². The molecular weight excluding hydrogens is 334 g/mol. The van der Waals surface area contributed by atoms with Gasteiger partial charge in [0.25, 0.3) is 0 Å². The zero-order valence-corrected chi connectivity index (χ0v) is 12.9.